The van der Waals surface area contributed by atoms with Crippen molar-refractivity contribution in [2.75, 3.05) is 27.2 Å². The highest BCUT2D eigenvalue weighted by atomic mass is 16.5. The first kappa shape index (κ1) is 17.3. The lowest BCUT2D eigenvalue weighted by Gasteiger charge is -2.21. The van der Waals surface area contributed by atoms with Gasteiger partial charge in [-0.15, -0.1) is 0 Å². The molecule has 3 rings (SSSR count). The summed E-state index contributed by atoms with van der Waals surface area (Å²) in [6, 6.07) is 18.8. The third-order valence-corrected chi connectivity index (χ3v) is 4.90. The highest BCUT2D eigenvalue weighted by Crippen LogP contribution is 2.50. The van der Waals surface area contributed by atoms with E-state index in [9.17, 15) is 0 Å². The van der Waals surface area contributed by atoms with Crippen LogP contribution in [0.25, 0.3) is 0 Å². The largest absolute Gasteiger partial charge is 0.496 e. The summed E-state index contributed by atoms with van der Waals surface area (Å²) < 4.78 is 5.55. The van der Waals surface area contributed by atoms with Crippen LogP contribution in [-0.4, -0.2) is 33.2 Å². The van der Waals surface area contributed by atoms with Crippen LogP contribution in [0.2, 0.25) is 0 Å². The summed E-state index contributed by atoms with van der Waals surface area (Å²) in [5.41, 5.74) is 2.80. The molecule has 0 bridgehead atoms. The van der Waals surface area contributed by atoms with Gasteiger partial charge < -0.3 is 15.4 Å². The van der Waals surface area contributed by atoms with Crippen molar-refractivity contribution in [1.82, 2.24) is 10.6 Å². The van der Waals surface area contributed by atoms with Crippen molar-refractivity contribution in [3.63, 3.8) is 0 Å². The number of hydrogen-bond donors (Lipinski definition) is 2. The number of methoxy groups -OCH3 is 1. The number of ether oxygens (including phenoxy) is 1. The smallest absolute Gasteiger partial charge is 0.191 e. The lowest BCUT2D eigenvalue weighted by Crippen LogP contribution is -2.42. The van der Waals surface area contributed by atoms with Crippen molar-refractivity contribution in [3.05, 3.63) is 65.7 Å². The Balaban J connectivity index is 1.53. The van der Waals surface area contributed by atoms with Gasteiger partial charge in [-0.3, -0.25) is 4.99 Å². The fraction of sp³-hybridized carbons (Fsp3) is 0.381. The number of benzene rings is 2. The van der Waals surface area contributed by atoms with Crippen LogP contribution in [0.15, 0.2) is 59.6 Å². The summed E-state index contributed by atoms with van der Waals surface area (Å²) >= 11 is 0. The van der Waals surface area contributed by atoms with E-state index in [1.165, 1.54) is 24.0 Å². The van der Waals surface area contributed by atoms with E-state index in [0.717, 1.165) is 31.2 Å². The summed E-state index contributed by atoms with van der Waals surface area (Å²) in [6.07, 6.45) is 3.35. The minimum absolute atomic E-state index is 0.170. The highest BCUT2D eigenvalue weighted by Gasteiger charge is 2.45. The van der Waals surface area contributed by atoms with Gasteiger partial charge in [-0.05, 0) is 30.9 Å². The molecule has 1 aliphatic carbocycles. The molecule has 0 saturated heterocycles. The third kappa shape index (κ3) is 4.32. The SMILES string of the molecule is CN=C(NCCc1ccccc1)NCC1(c2ccccc2OC)CC1. The molecule has 0 heterocycles. The second kappa shape index (κ2) is 8.06. The van der Waals surface area contributed by atoms with Gasteiger partial charge in [-0.1, -0.05) is 48.5 Å². The van der Waals surface area contributed by atoms with Crippen molar-refractivity contribution in [2.24, 2.45) is 4.99 Å². The van der Waals surface area contributed by atoms with Gasteiger partial charge >= 0.3 is 0 Å². The number of hydrogen-bond acceptors (Lipinski definition) is 2. The van der Waals surface area contributed by atoms with Gasteiger partial charge in [-0.2, -0.15) is 0 Å². The van der Waals surface area contributed by atoms with E-state index in [1.54, 1.807) is 7.11 Å². The molecule has 1 saturated carbocycles. The fourth-order valence-corrected chi connectivity index (χ4v) is 3.22. The predicted octanol–water partition coefficient (Wildman–Crippen LogP) is 3.13. The van der Waals surface area contributed by atoms with Crippen LogP contribution < -0.4 is 15.4 Å². The fourth-order valence-electron chi connectivity index (χ4n) is 3.22. The normalized spacial score (nSPS) is 15.5. The lowest BCUT2D eigenvalue weighted by molar-refractivity contribution is 0.403. The third-order valence-electron chi connectivity index (χ3n) is 4.90. The number of nitrogens with zero attached hydrogens (tertiary/aromatic N) is 1. The summed E-state index contributed by atoms with van der Waals surface area (Å²) in [7, 11) is 3.56. The average Bonchev–Trinajstić information content (AvgIpc) is 3.46. The molecule has 1 aliphatic rings. The predicted molar refractivity (Wildman–Crippen MR) is 103 cm³/mol. The van der Waals surface area contributed by atoms with Crippen LogP contribution in [-0.2, 0) is 11.8 Å². The molecular weight excluding hydrogens is 310 g/mol. The molecule has 2 aromatic rings. The van der Waals surface area contributed by atoms with Crippen molar-refractivity contribution >= 4 is 5.96 Å². The molecule has 0 aromatic heterocycles. The first-order chi connectivity index (χ1) is 12.3. The molecule has 4 nitrogen and oxygen atoms in total. The Hall–Kier alpha value is -2.49. The zero-order valence-corrected chi connectivity index (χ0v) is 15.1. The van der Waals surface area contributed by atoms with Crippen molar-refractivity contribution < 1.29 is 4.74 Å². The maximum absolute atomic E-state index is 5.55. The summed E-state index contributed by atoms with van der Waals surface area (Å²) in [5.74, 6) is 1.84. The van der Waals surface area contributed by atoms with Gasteiger partial charge in [0.25, 0.3) is 0 Å². The monoisotopic (exact) mass is 337 g/mol. The molecule has 25 heavy (non-hydrogen) atoms. The zero-order valence-electron chi connectivity index (χ0n) is 15.1. The quantitative estimate of drug-likeness (QED) is 0.603. The molecular formula is C21H27N3O. The standard InChI is InChI=1S/C21H27N3O/c1-22-20(23-15-12-17-8-4-3-5-9-17)24-16-21(13-14-21)18-10-6-7-11-19(18)25-2/h3-11H,12-16H2,1-2H3,(H2,22,23,24). The van der Waals surface area contributed by atoms with E-state index < -0.39 is 0 Å². The maximum atomic E-state index is 5.55. The van der Waals surface area contributed by atoms with E-state index in [-0.39, 0.29) is 5.41 Å². The highest BCUT2D eigenvalue weighted by molar-refractivity contribution is 5.79. The minimum atomic E-state index is 0.170. The van der Waals surface area contributed by atoms with E-state index in [1.807, 2.05) is 25.2 Å². The van der Waals surface area contributed by atoms with Gasteiger partial charge in [-0.25, -0.2) is 0 Å². The molecule has 0 aliphatic heterocycles. The molecule has 132 valence electrons. The number of guanidine groups is 1. The lowest BCUT2D eigenvalue weighted by atomic mass is 9.95. The van der Waals surface area contributed by atoms with Gasteiger partial charge in [0.15, 0.2) is 5.96 Å². The Labute approximate surface area is 150 Å². The van der Waals surface area contributed by atoms with E-state index in [0.29, 0.717) is 0 Å². The first-order valence-corrected chi connectivity index (χ1v) is 8.89. The van der Waals surface area contributed by atoms with Gasteiger partial charge in [0.2, 0.25) is 0 Å². The Bertz CT molecular complexity index is 708. The Kier molecular flexibility index (Phi) is 5.59. The molecule has 0 amide bonds. The van der Waals surface area contributed by atoms with Crippen molar-refractivity contribution in [2.45, 2.75) is 24.7 Å². The second-order valence-electron chi connectivity index (χ2n) is 6.57. The van der Waals surface area contributed by atoms with Crippen LogP contribution in [0.5, 0.6) is 5.75 Å². The summed E-state index contributed by atoms with van der Waals surface area (Å²) in [5, 5.41) is 6.90. The molecule has 0 radical (unpaired) electrons. The van der Waals surface area contributed by atoms with Crippen LogP contribution in [0.4, 0.5) is 0 Å². The van der Waals surface area contributed by atoms with E-state index >= 15 is 0 Å². The number of para-hydroxylation sites is 1. The van der Waals surface area contributed by atoms with Crippen molar-refractivity contribution in [1.29, 1.82) is 0 Å². The zero-order chi connectivity index (χ0) is 17.5. The topological polar surface area (TPSA) is 45.7 Å². The number of nitrogens with one attached hydrogen (secondary N) is 2. The summed E-state index contributed by atoms with van der Waals surface area (Å²) in [4.78, 5) is 4.35. The van der Waals surface area contributed by atoms with E-state index in [4.69, 9.17) is 4.74 Å². The summed E-state index contributed by atoms with van der Waals surface area (Å²) in [6.45, 7) is 1.74. The molecule has 0 atom stereocenters. The van der Waals surface area contributed by atoms with Gasteiger partial charge in [0.05, 0.1) is 7.11 Å². The molecule has 4 heteroatoms. The minimum Gasteiger partial charge on any atom is -0.496 e. The van der Waals surface area contributed by atoms with Crippen LogP contribution >= 0.6 is 0 Å². The van der Waals surface area contributed by atoms with Crippen LogP contribution in [0.3, 0.4) is 0 Å². The van der Waals surface area contributed by atoms with Crippen LogP contribution in [0, 0.1) is 0 Å². The Morgan fingerprint density at radius 3 is 2.44 bits per heavy atom. The molecule has 2 aromatic carbocycles. The molecule has 2 N–H and O–H groups in total. The van der Waals surface area contributed by atoms with Gasteiger partial charge in [0.1, 0.15) is 5.75 Å². The Morgan fingerprint density at radius 2 is 1.76 bits per heavy atom. The van der Waals surface area contributed by atoms with E-state index in [2.05, 4.69) is 52.0 Å². The molecule has 0 spiro atoms. The number of rotatable bonds is 7. The maximum Gasteiger partial charge on any atom is 0.191 e. The molecule has 0 unspecified atom stereocenters. The van der Waals surface area contributed by atoms with Gasteiger partial charge in [0, 0.05) is 31.1 Å². The Morgan fingerprint density at radius 1 is 1.04 bits per heavy atom. The number of aliphatic imine (C=N–C) groups is 1. The first-order valence-electron chi connectivity index (χ1n) is 8.89. The van der Waals surface area contributed by atoms with Crippen molar-refractivity contribution in [3.8, 4) is 5.75 Å². The average molecular weight is 337 g/mol. The second-order valence-corrected chi connectivity index (χ2v) is 6.57. The van der Waals surface area contributed by atoms with Crippen LogP contribution in [0.1, 0.15) is 24.0 Å². The molecule has 1 fully saturated rings.